The SMILES string of the molecule is CCc1ccc(Cc2c(OC3CC(CO)C(O)C(O)C3O)nn(C3CCC3)c2C(F)(F)F)cc1.CCc1ccc(Cc2c(OC3OC(CO)C(O)C(O)C3O)nn(C3CCC3)c2C(F)(F)F)cc1.CCc1ccc(Cc2c(OC3OC(COC(=O)OC)C(O)C(O)C3O)nn(C3CCC3)c2C(F)(F)F)cc1.CCc1ccc(Cc2c(OC3OC(COC(=O)OC)C(O)C(O)C3O)nn(C3CCCC3)c2C(F)(F)F)cc1. The second-order valence-corrected chi connectivity index (χ2v) is 37.3. The highest BCUT2D eigenvalue weighted by Crippen LogP contribution is 2.50. The van der Waals surface area contributed by atoms with E-state index >= 15 is 0 Å². The highest BCUT2D eigenvalue weighted by atomic mass is 19.4. The fourth-order valence-corrected chi connectivity index (χ4v) is 18.4. The van der Waals surface area contributed by atoms with Gasteiger partial charge < -0.3 is 124 Å². The van der Waals surface area contributed by atoms with Gasteiger partial charge in [-0.15, -0.1) is 20.4 Å². The molecule has 5 saturated carbocycles. The summed E-state index contributed by atoms with van der Waals surface area (Å²) in [5.74, 6) is -2.23. The lowest BCUT2D eigenvalue weighted by Gasteiger charge is -2.39. The molecular weight excluding hydrogens is 1950 g/mol. The van der Waals surface area contributed by atoms with Crippen LogP contribution in [0.3, 0.4) is 0 Å². The van der Waals surface area contributed by atoms with Crippen molar-refractivity contribution >= 4 is 12.3 Å². The Balaban J connectivity index is 0.000000162. The van der Waals surface area contributed by atoms with E-state index in [1.165, 1.54) is 0 Å². The summed E-state index contributed by atoms with van der Waals surface area (Å²) < 4.78 is 234. The van der Waals surface area contributed by atoms with Gasteiger partial charge in [0.2, 0.25) is 42.4 Å². The third-order valence-corrected chi connectivity index (χ3v) is 27.7. The average molecular weight is 2070 g/mol. The molecule has 14 N–H and O–H groups in total. The maximum Gasteiger partial charge on any atom is 0.508 e. The first kappa shape index (κ1) is 112. The zero-order chi connectivity index (χ0) is 105. The molecule has 8 aliphatic rings. The molecule has 8 aromatic rings. The Labute approximate surface area is 825 Å². The number of aliphatic hydroxyl groups is 14. The number of rotatable bonds is 30. The summed E-state index contributed by atoms with van der Waals surface area (Å²) in [6.45, 7) is 5.61. The Morgan fingerprint density at radius 3 is 0.800 bits per heavy atom. The molecule has 5 aliphatic carbocycles. The number of benzene rings is 4. The summed E-state index contributed by atoms with van der Waals surface area (Å²) in [5.41, 5.74) is 2.13. The quantitative estimate of drug-likeness (QED) is 0.0147. The first-order valence-electron chi connectivity index (χ1n) is 48.3. The molecule has 35 nitrogen and oxygen atoms in total. The average Bonchev–Trinajstić information content (AvgIpc) is 1.61. The summed E-state index contributed by atoms with van der Waals surface area (Å²) >= 11 is 0. The highest BCUT2D eigenvalue weighted by Gasteiger charge is 2.55. The number of aryl methyl sites for hydroxylation is 4. The topological polar surface area (TPSA) is 490 Å². The van der Waals surface area contributed by atoms with Gasteiger partial charge in [-0.05, 0) is 147 Å². The van der Waals surface area contributed by atoms with Crippen LogP contribution in [-0.2, 0) is 109 Å². The number of nitrogens with zero attached hydrogens (tertiary/aromatic N) is 8. The zero-order valence-corrected chi connectivity index (χ0v) is 80.2. The summed E-state index contributed by atoms with van der Waals surface area (Å²) in [5, 5.41) is 159. The molecule has 0 radical (unpaired) electrons. The minimum Gasteiger partial charge on any atom is -0.470 e. The van der Waals surface area contributed by atoms with Crippen LogP contribution in [0.25, 0.3) is 0 Å². The third-order valence-electron chi connectivity index (χ3n) is 27.7. The van der Waals surface area contributed by atoms with Crippen LogP contribution in [-0.4, -0.2) is 280 Å². The van der Waals surface area contributed by atoms with E-state index in [1.807, 2.05) is 76.2 Å². The zero-order valence-electron chi connectivity index (χ0n) is 80.2. The molecule has 16 rings (SSSR count). The van der Waals surface area contributed by atoms with Crippen molar-refractivity contribution in [2.75, 3.05) is 40.6 Å². The molecule has 20 unspecified atom stereocenters. The largest absolute Gasteiger partial charge is 0.508 e. The van der Waals surface area contributed by atoms with Crippen LogP contribution in [0, 0.1) is 5.92 Å². The van der Waals surface area contributed by atoms with Crippen molar-refractivity contribution in [1.82, 2.24) is 39.1 Å². The van der Waals surface area contributed by atoms with Crippen LogP contribution >= 0.6 is 0 Å². The summed E-state index contributed by atoms with van der Waals surface area (Å²) in [7, 11) is 2.14. The van der Waals surface area contributed by atoms with E-state index in [9.17, 15) is 134 Å². The molecular formula is C98H124F12N8O27. The Morgan fingerprint density at radius 1 is 0.324 bits per heavy atom. The van der Waals surface area contributed by atoms with E-state index in [4.69, 9.17) is 42.6 Å². The van der Waals surface area contributed by atoms with E-state index in [0.717, 1.165) is 113 Å². The Hall–Kier alpha value is -10.1. The molecule has 0 spiro atoms. The molecule has 0 amide bonds. The van der Waals surface area contributed by atoms with Crippen LogP contribution < -0.4 is 18.9 Å². The number of alkyl halides is 12. The van der Waals surface area contributed by atoms with Gasteiger partial charge >= 0.3 is 37.0 Å². The Morgan fingerprint density at radius 2 is 0.566 bits per heavy atom. The van der Waals surface area contributed by atoms with Gasteiger partial charge in [0, 0.05) is 38.2 Å². The van der Waals surface area contributed by atoms with Crippen molar-refractivity contribution in [2.24, 2.45) is 5.92 Å². The normalized spacial score (nSPS) is 27.0. The van der Waals surface area contributed by atoms with Gasteiger partial charge in [0.25, 0.3) is 0 Å². The monoisotopic (exact) mass is 2070 g/mol. The van der Waals surface area contributed by atoms with E-state index in [0.29, 0.717) is 73.6 Å². The van der Waals surface area contributed by atoms with Crippen molar-refractivity contribution in [1.29, 1.82) is 0 Å². The smallest absolute Gasteiger partial charge is 0.470 e. The summed E-state index contributed by atoms with van der Waals surface area (Å²) in [4.78, 5) is 22.7. The molecule has 3 aliphatic heterocycles. The summed E-state index contributed by atoms with van der Waals surface area (Å²) in [6, 6.07) is 27.0. The second-order valence-electron chi connectivity index (χ2n) is 37.3. The lowest BCUT2D eigenvalue weighted by molar-refractivity contribution is -0.278. The predicted octanol–water partition coefficient (Wildman–Crippen LogP) is 10.5. The van der Waals surface area contributed by atoms with Gasteiger partial charge in [-0.1, -0.05) is 138 Å². The van der Waals surface area contributed by atoms with Gasteiger partial charge in [0.15, 0.2) is 0 Å². The molecule has 7 heterocycles. The maximum atomic E-state index is 14.5. The molecule has 145 heavy (non-hydrogen) atoms. The van der Waals surface area contributed by atoms with E-state index < -0.39 is 239 Å². The van der Waals surface area contributed by atoms with Gasteiger partial charge in [0.1, 0.15) is 128 Å². The molecule has 47 heteroatoms. The Kier molecular flexibility index (Phi) is 37.5. The molecule has 4 aromatic carbocycles. The third kappa shape index (κ3) is 26.4. The number of carbonyl (C=O) groups excluding carboxylic acids is 2. The number of carbonyl (C=O) groups is 2. The van der Waals surface area contributed by atoms with Gasteiger partial charge in [-0.3, -0.25) is 18.7 Å². The number of halogens is 12. The molecule has 4 aromatic heterocycles. The first-order chi connectivity index (χ1) is 68.8. The number of methoxy groups -OCH3 is 2. The summed E-state index contributed by atoms with van der Waals surface area (Å²) in [6.07, 6.45) is -40.7. The van der Waals surface area contributed by atoms with Crippen molar-refractivity contribution in [3.63, 3.8) is 0 Å². The lowest BCUT2D eigenvalue weighted by atomic mass is 9.81. The molecule has 20 atom stereocenters. The van der Waals surface area contributed by atoms with Crippen LogP contribution in [0.1, 0.15) is 231 Å². The number of hydrogen-bond acceptors (Lipinski definition) is 31. The van der Waals surface area contributed by atoms with Crippen LogP contribution in [0.5, 0.6) is 23.5 Å². The van der Waals surface area contributed by atoms with E-state index in [2.05, 4.69) is 29.9 Å². The highest BCUT2D eigenvalue weighted by molar-refractivity contribution is 5.60. The standard InChI is InChI=1S/C26H33F3N2O8.C25H31F3N2O8.C24H31F3N2O5.C23H29F3N2O6/c1-3-14-8-10-15(11-9-14)12-17-22(26(27,28)29)31(16-6-4-5-7-16)30-23(17)39-24-21(34)20(33)19(32)18(38-24)13-37-25(35)36-2;1-3-13-7-9-14(10-8-13)11-16-21(25(26,27)28)30(15-5-4-6-15)29-22(16)38-23-20(33)19(32)18(31)17(37-23)12-36-24(34)35-2;1-2-13-6-8-14(9-7-13)10-17-22(24(25,26)27)29(16-4-3-5-16)28-23(17)34-18-11-15(12-30)19(31)21(33)20(18)32;1-2-12-6-8-13(9-7-12)10-15-20(23(24,25)26)28(14-4-3-5-14)27-21(15)34-22-19(32)18(31)17(30)16(11-29)33-22/h8-11,16,18-21,24,32-34H,3-7,12-13H2,1-2H3;7-10,15,17-20,23,31-33H,3-6,11-12H2,1-2H3;6-9,15-16,18-21,30-33H,2-5,10-12H2,1H3;6-9,14,16-19,22,29-32H,2-5,10-11H2,1H3. The predicted molar refractivity (Wildman–Crippen MR) is 483 cm³/mol. The molecule has 0 bridgehead atoms. The molecule has 8 fully saturated rings. The van der Waals surface area contributed by atoms with Crippen molar-refractivity contribution in [3.8, 4) is 23.5 Å². The van der Waals surface area contributed by atoms with E-state index in [1.54, 1.807) is 48.5 Å². The van der Waals surface area contributed by atoms with Crippen LogP contribution in [0.4, 0.5) is 62.3 Å². The van der Waals surface area contributed by atoms with Gasteiger partial charge in [0.05, 0.1) is 73.4 Å². The number of ether oxygens (including phenoxy) is 11. The number of hydrogen-bond donors (Lipinski definition) is 14. The molecule has 802 valence electrons. The second kappa shape index (κ2) is 48.5. The molecule has 3 saturated heterocycles. The number of aromatic nitrogens is 8. The van der Waals surface area contributed by atoms with E-state index in [-0.39, 0.29) is 72.2 Å². The van der Waals surface area contributed by atoms with Crippen molar-refractivity contribution in [3.05, 3.63) is 187 Å². The number of aliphatic hydroxyl groups excluding tert-OH is 14. The maximum absolute atomic E-state index is 14.5. The minimum absolute atomic E-state index is 0.0435. The minimum atomic E-state index is -4.76. The van der Waals surface area contributed by atoms with Crippen LogP contribution in [0.15, 0.2) is 97.1 Å². The van der Waals surface area contributed by atoms with Crippen LogP contribution in [0.2, 0.25) is 0 Å². The first-order valence-corrected chi connectivity index (χ1v) is 48.3. The van der Waals surface area contributed by atoms with Crippen molar-refractivity contribution < 1.29 is 186 Å². The fraction of sp³-hybridized carbons (Fsp3) is 0.612. The van der Waals surface area contributed by atoms with Gasteiger partial charge in [-0.2, -0.15) is 52.7 Å². The van der Waals surface area contributed by atoms with Crippen molar-refractivity contribution in [2.45, 2.75) is 334 Å². The Bertz CT molecular complexity index is 5340. The van der Waals surface area contributed by atoms with Gasteiger partial charge in [-0.25, -0.2) is 9.59 Å². The lowest BCUT2D eigenvalue weighted by Crippen LogP contribution is -2.60. The fourth-order valence-electron chi connectivity index (χ4n) is 18.4.